The molecule has 2 N–H and O–H groups in total. The van der Waals surface area contributed by atoms with Gasteiger partial charge >= 0.3 is 0 Å². The Kier molecular flexibility index (Phi) is 3.42. The summed E-state index contributed by atoms with van der Waals surface area (Å²) >= 11 is 0. The Balaban J connectivity index is 2.55. The van der Waals surface area contributed by atoms with Gasteiger partial charge in [-0.25, -0.2) is 22.0 Å². The second kappa shape index (κ2) is 4.87. The van der Waals surface area contributed by atoms with Crippen LogP contribution < -0.4 is 5.73 Å². The maximum Gasteiger partial charge on any atom is 0.266 e. The highest BCUT2D eigenvalue weighted by atomic mass is 19.3. The second-order valence-corrected chi connectivity index (χ2v) is 3.86. The fourth-order valence-corrected chi connectivity index (χ4v) is 1.66. The van der Waals surface area contributed by atoms with Gasteiger partial charge in [-0.1, -0.05) is 6.07 Å². The molecule has 6 heteroatoms. The maximum atomic E-state index is 13.7. The Morgan fingerprint density at radius 1 is 0.895 bits per heavy atom. The molecule has 0 aromatic heterocycles. The van der Waals surface area contributed by atoms with E-state index in [-0.39, 0.29) is 11.1 Å². The molecular formula is C13H8F5N. The van der Waals surface area contributed by atoms with Crippen molar-refractivity contribution in [1.82, 2.24) is 0 Å². The van der Waals surface area contributed by atoms with E-state index in [0.717, 1.165) is 30.3 Å². The molecule has 19 heavy (non-hydrogen) atoms. The summed E-state index contributed by atoms with van der Waals surface area (Å²) in [6.07, 6.45) is -2.96. The molecule has 1 nitrogen and oxygen atoms in total. The zero-order valence-corrected chi connectivity index (χ0v) is 9.43. The summed E-state index contributed by atoms with van der Waals surface area (Å²) in [4.78, 5) is 0. The molecule has 0 fully saturated rings. The summed E-state index contributed by atoms with van der Waals surface area (Å²) in [7, 11) is 0. The van der Waals surface area contributed by atoms with Crippen LogP contribution in [0.25, 0.3) is 11.1 Å². The van der Waals surface area contributed by atoms with Crippen molar-refractivity contribution in [2.24, 2.45) is 0 Å². The fourth-order valence-electron chi connectivity index (χ4n) is 1.66. The molecule has 100 valence electrons. The van der Waals surface area contributed by atoms with Gasteiger partial charge in [0.2, 0.25) is 0 Å². The molecule has 0 radical (unpaired) electrons. The monoisotopic (exact) mass is 273 g/mol. The molecule has 0 aliphatic rings. The number of nitrogen functional groups attached to an aromatic ring is 1. The maximum absolute atomic E-state index is 13.7. The van der Waals surface area contributed by atoms with Crippen LogP contribution in [0.1, 0.15) is 12.0 Å². The van der Waals surface area contributed by atoms with Crippen LogP contribution in [0.2, 0.25) is 0 Å². The van der Waals surface area contributed by atoms with Crippen LogP contribution in [0.15, 0.2) is 30.3 Å². The molecule has 0 heterocycles. The van der Waals surface area contributed by atoms with Crippen LogP contribution in [-0.4, -0.2) is 0 Å². The first-order valence-corrected chi connectivity index (χ1v) is 5.23. The summed E-state index contributed by atoms with van der Waals surface area (Å²) in [5, 5.41) is 0. The van der Waals surface area contributed by atoms with E-state index < -0.39 is 35.1 Å². The number of anilines is 1. The third-order valence-corrected chi connectivity index (χ3v) is 2.67. The molecule has 2 aromatic carbocycles. The van der Waals surface area contributed by atoms with Crippen molar-refractivity contribution < 1.29 is 22.0 Å². The number of benzene rings is 2. The standard InChI is InChI=1S/C13H8F5N/c14-9-4-3-7(11(16)12(9)19)6-1-2-8(13(17)18)10(15)5-6/h1-5,13H,19H2. The quantitative estimate of drug-likeness (QED) is 0.641. The summed E-state index contributed by atoms with van der Waals surface area (Å²) in [6, 6.07) is 4.73. The van der Waals surface area contributed by atoms with Crippen molar-refractivity contribution in [3.05, 3.63) is 53.3 Å². The normalized spacial score (nSPS) is 11.1. The predicted octanol–water partition coefficient (Wildman–Crippen LogP) is 4.29. The van der Waals surface area contributed by atoms with Gasteiger partial charge in [0.15, 0.2) is 5.82 Å². The number of halogens is 5. The lowest BCUT2D eigenvalue weighted by Gasteiger charge is -2.08. The van der Waals surface area contributed by atoms with E-state index in [1.807, 2.05) is 0 Å². The molecular weight excluding hydrogens is 265 g/mol. The molecule has 0 saturated heterocycles. The molecule has 0 aliphatic heterocycles. The Morgan fingerprint density at radius 2 is 1.58 bits per heavy atom. The minimum absolute atomic E-state index is 0.00565. The molecule has 2 rings (SSSR count). The first-order chi connectivity index (χ1) is 8.91. The van der Waals surface area contributed by atoms with Crippen LogP contribution in [0.4, 0.5) is 27.6 Å². The van der Waals surface area contributed by atoms with Crippen LogP contribution in [0, 0.1) is 17.5 Å². The van der Waals surface area contributed by atoms with Crippen LogP contribution in [0.5, 0.6) is 0 Å². The van der Waals surface area contributed by atoms with E-state index in [9.17, 15) is 22.0 Å². The fraction of sp³-hybridized carbons (Fsp3) is 0.0769. The smallest absolute Gasteiger partial charge is 0.266 e. The zero-order valence-electron chi connectivity index (χ0n) is 9.43. The molecule has 0 spiro atoms. The Hall–Kier alpha value is -2.11. The van der Waals surface area contributed by atoms with Gasteiger partial charge in [-0.05, 0) is 29.8 Å². The molecule has 0 saturated carbocycles. The van der Waals surface area contributed by atoms with E-state index in [2.05, 4.69) is 0 Å². The number of rotatable bonds is 2. The summed E-state index contributed by atoms with van der Waals surface area (Å²) in [5.41, 5.74) is 3.55. The third kappa shape index (κ3) is 2.38. The Labute approximate surface area is 105 Å². The summed E-state index contributed by atoms with van der Waals surface area (Å²) < 4.78 is 64.8. The van der Waals surface area contributed by atoms with E-state index in [4.69, 9.17) is 5.73 Å². The summed E-state index contributed by atoms with van der Waals surface area (Å²) in [6.45, 7) is 0. The second-order valence-electron chi connectivity index (χ2n) is 3.86. The average Bonchev–Trinajstić information content (AvgIpc) is 2.35. The van der Waals surface area contributed by atoms with Crippen molar-refractivity contribution in [2.45, 2.75) is 6.43 Å². The van der Waals surface area contributed by atoms with Gasteiger partial charge in [0.25, 0.3) is 6.43 Å². The number of hydrogen-bond acceptors (Lipinski definition) is 1. The van der Waals surface area contributed by atoms with Gasteiger partial charge in [-0.3, -0.25) is 0 Å². The predicted molar refractivity (Wildman–Crippen MR) is 61.1 cm³/mol. The van der Waals surface area contributed by atoms with Crippen molar-refractivity contribution in [3.63, 3.8) is 0 Å². The lowest BCUT2D eigenvalue weighted by Crippen LogP contribution is -1.98. The van der Waals surface area contributed by atoms with E-state index in [0.29, 0.717) is 0 Å². The van der Waals surface area contributed by atoms with E-state index >= 15 is 0 Å². The van der Waals surface area contributed by atoms with E-state index in [1.54, 1.807) is 0 Å². The number of nitrogens with two attached hydrogens (primary N) is 1. The van der Waals surface area contributed by atoms with E-state index in [1.165, 1.54) is 0 Å². The lowest BCUT2D eigenvalue weighted by atomic mass is 10.0. The van der Waals surface area contributed by atoms with Crippen molar-refractivity contribution in [3.8, 4) is 11.1 Å². The Bertz CT molecular complexity index is 625. The highest BCUT2D eigenvalue weighted by Gasteiger charge is 2.17. The molecule has 0 aliphatic carbocycles. The molecule has 0 amide bonds. The van der Waals surface area contributed by atoms with Gasteiger partial charge < -0.3 is 5.73 Å². The first kappa shape index (κ1) is 13.3. The minimum Gasteiger partial charge on any atom is -0.394 e. The molecule has 0 atom stereocenters. The number of alkyl halides is 2. The van der Waals surface area contributed by atoms with Crippen LogP contribution >= 0.6 is 0 Å². The highest BCUT2D eigenvalue weighted by molar-refractivity contribution is 5.69. The summed E-state index contributed by atoms with van der Waals surface area (Å²) in [5.74, 6) is -3.15. The molecule has 2 aromatic rings. The zero-order chi connectivity index (χ0) is 14.2. The van der Waals surface area contributed by atoms with Crippen molar-refractivity contribution in [2.75, 3.05) is 5.73 Å². The van der Waals surface area contributed by atoms with Gasteiger partial charge in [-0.15, -0.1) is 0 Å². The van der Waals surface area contributed by atoms with Crippen LogP contribution in [-0.2, 0) is 0 Å². The lowest BCUT2D eigenvalue weighted by molar-refractivity contribution is 0.146. The first-order valence-electron chi connectivity index (χ1n) is 5.23. The number of hydrogen-bond donors (Lipinski definition) is 1. The molecule has 0 unspecified atom stereocenters. The van der Waals surface area contributed by atoms with Gasteiger partial charge in [-0.2, -0.15) is 0 Å². The SMILES string of the molecule is Nc1c(F)ccc(-c2ccc(C(F)F)c(F)c2)c1F. The van der Waals surface area contributed by atoms with Crippen molar-refractivity contribution >= 4 is 5.69 Å². The Morgan fingerprint density at radius 3 is 2.16 bits per heavy atom. The largest absolute Gasteiger partial charge is 0.394 e. The topological polar surface area (TPSA) is 26.0 Å². The minimum atomic E-state index is -2.96. The van der Waals surface area contributed by atoms with Gasteiger partial charge in [0, 0.05) is 5.56 Å². The van der Waals surface area contributed by atoms with Gasteiger partial charge in [0.05, 0.1) is 5.56 Å². The van der Waals surface area contributed by atoms with Gasteiger partial charge in [0.1, 0.15) is 17.3 Å². The molecule has 0 bridgehead atoms. The average molecular weight is 273 g/mol. The van der Waals surface area contributed by atoms with Crippen molar-refractivity contribution in [1.29, 1.82) is 0 Å². The highest BCUT2D eigenvalue weighted by Crippen LogP contribution is 2.31. The van der Waals surface area contributed by atoms with Crippen LogP contribution in [0.3, 0.4) is 0 Å². The third-order valence-electron chi connectivity index (χ3n) is 2.67.